The van der Waals surface area contributed by atoms with Crippen LogP contribution in [-0.4, -0.2) is 28.9 Å². The molecule has 1 aliphatic carbocycles. The van der Waals surface area contributed by atoms with E-state index in [4.69, 9.17) is 0 Å². The Labute approximate surface area is 118 Å². The Morgan fingerprint density at radius 2 is 2.11 bits per heavy atom. The van der Waals surface area contributed by atoms with Gasteiger partial charge in [0, 0.05) is 17.2 Å². The second kappa shape index (κ2) is 5.97. The summed E-state index contributed by atoms with van der Waals surface area (Å²) in [5, 5.41) is 12.6. The van der Waals surface area contributed by atoms with Crippen LogP contribution >= 0.6 is 11.8 Å². The first-order valence-electron chi connectivity index (χ1n) is 6.59. The lowest BCUT2D eigenvalue weighted by atomic mass is 9.64. The minimum Gasteiger partial charge on any atom is -0.392 e. The van der Waals surface area contributed by atoms with E-state index < -0.39 is 0 Å². The number of carbonyl (C=O) groups excluding carboxylic acids is 1. The van der Waals surface area contributed by atoms with Crippen molar-refractivity contribution < 1.29 is 9.90 Å². The molecule has 3 nitrogen and oxygen atoms in total. The maximum Gasteiger partial charge on any atom is 0.230 e. The molecule has 2 N–H and O–H groups in total. The summed E-state index contributed by atoms with van der Waals surface area (Å²) in [5.41, 5.74) is 1.04. The number of hydrogen-bond donors (Lipinski definition) is 2. The van der Waals surface area contributed by atoms with Crippen LogP contribution in [0.5, 0.6) is 0 Å². The number of hydrogen-bond acceptors (Lipinski definition) is 3. The van der Waals surface area contributed by atoms with Crippen LogP contribution in [0.3, 0.4) is 0 Å². The summed E-state index contributed by atoms with van der Waals surface area (Å²) in [6, 6.07) is 10.2. The molecular formula is C15H21NO2S. The molecule has 2 rings (SSSR count). The van der Waals surface area contributed by atoms with E-state index in [1.165, 1.54) is 5.56 Å². The third-order valence-corrected chi connectivity index (χ3v) is 4.90. The standard InChI is InChI=1S/C15H21NO2S/c1-15(2)12(8-13(15)17)16-14(18)10-19-9-11-6-4-3-5-7-11/h3-7,12-13,17H,8-10H2,1-2H3,(H,16,18). The van der Waals surface area contributed by atoms with E-state index in [1.807, 2.05) is 32.0 Å². The molecule has 1 saturated carbocycles. The number of rotatable bonds is 5. The number of thioether (sulfide) groups is 1. The fourth-order valence-corrected chi connectivity index (χ4v) is 3.02. The number of aliphatic hydroxyl groups is 1. The van der Waals surface area contributed by atoms with Crippen LogP contribution in [-0.2, 0) is 10.5 Å². The average Bonchev–Trinajstić information content (AvgIpc) is 2.39. The van der Waals surface area contributed by atoms with E-state index in [1.54, 1.807) is 11.8 Å². The van der Waals surface area contributed by atoms with Gasteiger partial charge in [-0.1, -0.05) is 44.2 Å². The maximum absolute atomic E-state index is 11.8. The van der Waals surface area contributed by atoms with Crippen molar-refractivity contribution in [2.24, 2.45) is 5.41 Å². The van der Waals surface area contributed by atoms with Crippen LogP contribution in [0, 0.1) is 5.41 Å². The number of aliphatic hydroxyl groups excluding tert-OH is 1. The van der Waals surface area contributed by atoms with E-state index in [0.717, 1.165) is 5.75 Å². The number of amides is 1. The van der Waals surface area contributed by atoms with E-state index in [2.05, 4.69) is 17.4 Å². The highest BCUT2D eigenvalue weighted by Crippen LogP contribution is 2.40. The molecule has 1 amide bonds. The van der Waals surface area contributed by atoms with E-state index in [9.17, 15) is 9.90 Å². The van der Waals surface area contributed by atoms with Crippen molar-refractivity contribution in [2.45, 2.75) is 38.2 Å². The van der Waals surface area contributed by atoms with Gasteiger partial charge in [-0.25, -0.2) is 0 Å². The molecule has 0 heterocycles. The highest BCUT2D eigenvalue weighted by atomic mass is 32.2. The van der Waals surface area contributed by atoms with Gasteiger partial charge in [-0.3, -0.25) is 4.79 Å². The lowest BCUT2D eigenvalue weighted by Gasteiger charge is -2.49. The third-order valence-electron chi connectivity index (χ3n) is 3.90. The lowest BCUT2D eigenvalue weighted by molar-refractivity contribution is -0.126. The fraction of sp³-hybridized carbons (Fsp3) is 0.533. The van der Waals surface area contributed by atoms with Crippen LogP contribution in [0.2, 0.25) is 0 Å². The summed E-state index contributed by atoms with van der Waals surface area (Å²) >= 11 is 1.62. The molecule has 0 aliphatic heterocycles. The van der Waals surface area contributed by atoms with Crippen molar-refractivity contribution in [3.63, 3.8) is 0 Å². The molecule has 0 radical (unpaired) electrons. The smallest absolute Gasteiger partial charge is 0.230 e. The fourth-order valence-electron chi connectivity index (χ4n) is 2.22. The Morgan fingerprint density at radius 3 is 2.68 bits per heavy atom. The van der Waals surface area contributed by atoms with Crippen molar-refractivity contribution in [3.05, 3.63) is 35.9 Å². The normalized spacial score (nSPS) is 24.6. The van der Waals surface area contributed by atoms with Crippen molar-refractivity contribution >= 4 is 17.7 Å². The monoisotopic (exact) mass is 279 g/mol. The first kappa shape index (κ1) is 14.4. The highest BCUT2D eigenvalue weighted by molar-refractivity contribution is 7.99. The zero-order chi connectivity index (χ0) is 13.9. The SMILES string of the molecule is CC1(C)C(O)CC1NC(=O)CSCc1ccccc1. The molecule has 0 saturated heterocycles. The van der Waals surface area contributed by atoms with Gasteiger partial charge in [0.15, 0.2) is 0 Å². The van der Waals surface area contributed by atoms with Gasteiger partial charge in [0.05, 0.1) is 11.9 Å². The van der Waals surface area contributed by atoms with Crippen molar-refractivity contribution in [2.75, 3.05) is 5.75 Å². The van der Waals surface area contributed by atoms with Crippen LogP contribution < -0.4 is 5.32 Å². The van der Waals surface area contributed by atoms with Gasteiger partial charge >= 0.3 is 0 Å². The molecule has 0 bridgehead atoms. The summed E-state index contributed by atoms with van der Waals surface area (Å²) in [4.78, 5) is 11.8. The van der Waals surface area contributed by atoms with E-state index in [0.29, 0.717) is 12.2 Å². The summed E-state index contributed by atoms with van der Waals surface area (Å²) in [5.74, 6) is 1.38. The molecular weight excluding hydrogens is 258 g/mol. The Hall–Kier alpha value is -1.00. The Bertz CT molecular complexity index is 433. The Balaban J connectivity index is 1.68. The summed E-state index contributed by atoms with van der Waals surface area (Å²) < 4.78 is 0. The van der Waals surface area contributed by atoms with Gasteiger partial charge in [0.2, 0.25) is 5.91 Å². The second-order valence-corrected chi connectivity index (χ2v) is 6.66. The number of benzene rings is 1. The first-order valence-corrected chi connectivity index (χ1v) is 7.74. The third kappa shape index (κ3) is 3.51. The maximum atomic E-state index is 11.8. The van der Waals surface area contributed by atoms with Gasteiger partial charge in [0.1, 0.15) is 0 Å². The van der Waals surface area contributed by atoms with Crippen molar-refractivity contribution in [1.29, 1.82) is 0 Å². The average molecular weight is 279 g/mol. The molecule has 2 atom stereocenters. The van der Waals surface area contributed by atoms with Crippen molar-refractivity contribution in [3.8, 4) is 0 Å². The molecule has 0 spiro atoms. The topological polar surface area (TPSA) is 49.3 Å². The minimum absolute atomic E-state index is 0.0610. The number of carbonyl (C=O) groups is 1. The van der Waals surface area contributed by atoms with Gasteiger partial charge in [-0.05, 0) is 12.0 Å². The number of nitrogens with one attached hydrogen (secondary N) is 1. The highest BCUT2D eigenvalue weighted by Gasteiger charge is 2.47. The largest absolute Gasteiger partial charge is 0.392 e. The summed E-state index contributed by atoms with van der Waals surface area (Å²) in [6.07, 6.45) is 0.372. The molecule has 2 unspecified atom stereocenters. The predicted molar refractivity (Wildman–Crippen MR) is 78.9 cm³/mol. The quantitative estimate of drug-likeness (QED) is 0.868. The Morgan fingerprint density at radius 1 is 1.42 bits per heavy atom. The summed E-state index contributed by atoms with van der Waals surface area (Å²) in [6.45, 7) is 3.98. The van der Waals surface area contributed by atoms with Gasteiger partial charge < -0.3 is 10.4 Å². The van der Waals surface area contributed by atoms with Gasteiger partial charge in [-0.15, -0.1) is 11.8 Å². The molecule has 104 valence electrons. The Kier molecular flexibility index (Phi) is 4.53. The van der Waals surface area contributed by atoms with Gasteiger partial charge in [-0.2, -0.15) is 0 Å². The van der Waals surface area contributed by atoms with Crippen molar-refractivity contribution in [1.82, 2.24) is 5.32 Å². The molecule has 19 heavy (non-hydrogen) atoms. The first-order chi connectivity index (χ1) is 9.00. The molecule has 4 heteroatoms. The molecule has 1 aliphatic rings. The summed E-state index contributed by atoms with van der Waals surface area (Å²) in [7, 11) is 0. The lowest BCUT2D eigenvalue weighted by Crippen LogP contribution is -2.61. The van der Waals surface area contributed by atoms with Crippen LogP contribution in [0.1, 0.15) is 25.8 Å². The molecule has 1 fully saturated rings. The zero-order valence-electron chi connectivity index (χ0n) is 11.4. The predicted octanol–water partition coefficient (Wildman–Crippen LogP) is 2.20. The minimum atomic E-state index is -0.297. The van der Waals surface area contributed by atoms with Gasteiger partial charge in [0.25, 0.3) is 0 Å². The second-order valence-electron chi connectivity index (χ2n) is 5.67. The molecule has 1 aromatic rings. The van der Waals surface area contributed by atoms with Crippen LogP contribution in [0.25, 0.3) is 0 Å². The van der Waals surface area contributed by atoms with E-state index in [-0.39, 0.29) is 23.5 Å². The van der Waals surface area contributed by atoms with E-state index >= 15 is 0 Å². The molecule has 0 aromatic heterocycles. The van der Waals surface area contributed by atoms with Crippen LogP contribution in [0.4, 0.5) is 0 Å². The zero-order valence-corrected chi connectivity index (χ0v) is 12.2. The molecule has 1 aromatic carbocycles. The van der Waals surface area contributed by atoms with Crippen LogP contribution in [0.15, 0.2) is 30.3 Å².